The second-order valence-electron chi connectivity index (χ2n) is 8.24. The number of carbonyl (C=O) groups is 2. The molecule has 2 aromatic carbocycles. The number of benzene rings is 2. The summed E-state index contributed by atoms with van der Waals surface area (Å²) < 4.78 is 1.78. The van der Waals surface area contributed by atoms with E-state index in [0.717, 1.165) is 36.2 Å². The van der Waals surface area contributed by atoms with E-state index in [1.54, 1.807) is 4.68 Å². The number of para-hydroxylation sites is 1. The number of amides is 2. The molecule has 160 valence electrons. The third-order valence-corrected chi connectivity index (χ3v) is 5.70. The van der Waals surface area contributed by atoms with E-state index in [4.69, 9.17) is 5.10 Å². The van der Waals surface area contributed by atoms with Crippen LogP contribution in [0, 0.1) is 12.8 Å². The lowest BCUT2D eigenvalue weighted by Crippen LogP contribution is -2.43. The first kappa shape index (κ1) is 20.8. The molecular weight excluding hydrogens is 388 g/mol. The molecule has 2 heterocycles. The minimum absolute atomic E-state index is 0.00814. The highest BCUT2D eigenvalue weighted by atomic mass is 16.2. The van der Waals surface area contributed by atoms with Crippen molar-refractivity contribution in [2.45, 2.75) is 26.7 Å². The van der Waals surface area contributed by atoms with E-state index in [-0.39, 0.29) is 17.7 Å². The smallest absolute Gasteiger partial charge is 0.257 e. The monoisotopic (exact) mass is 416 g/mol. The molecule has 1 aliphatic heterocycles. The number of aryl methyl sites for hydroxylation is 1. The lowest BCUT2D eigenvalue weighted by Gasteiger charge is -2.32. The van der Waals surface area contributed by atoms with E-state index in [0.29, 0.717) is 24.3 Å². The van der Waals surface area contributed by atoms with Crippen molar-refractivity contribution in [1.29, 1.82) is 0 Å². The summed E-state index contributed by atoms with van der Waals surface area (Å²) in [7, 11) is 0. The average molecular weight is 417 g/mol. The normalized spacial score (nSPS) is 16.2. The fraction of sp³-hybridized carbons (Fsp3) is 0.320. The lowest BCUT2D eigenvalue weighted by molar-refractivity contribution is -0.119. The van der Waals surface area contributed by atoms with Gasteiger partial charge in [0, 0.05) is 38.3 Å². The summed E-state index contributed by atoms with van der Waals surface area (Å²) in [6.45, 7) is 5.53. The number of nitrogens with zero attached hydrogens (tertiary/aromatic N) is 3. The first-order valence-corrected chi connectivity index (χ1v) is 10.8. The van der Waals surface area contributed by atoms with Crippen molar-refractivity contribution in [3.05, 3.63) is 71.9 Å². The van der Waals surface area contributed by atoms with Crippen molar-refractivity contribution in [2.75, 3.05) is 19.6 Å². The van der Waals surface area contributed by atoms with Gasteiger partial charge in [-0.25, -0.2) is 4.68 Å². The Balaban J connectivity index is 1.66. The van der Waals surface area contributed by atoms with Crippen molar-refractivity contribution in [3.63, 3.8) is 0 Å². The predicted molar refractivity (Wildman–Crippen MR) is 121 cm³/mol. The van der Waals surface area contributed by atoms with Crippen LogP contribution in [0.1, 0.15) is 35.7 Å². The Morgan fingerprint density at radius 1 is 1.13 bits per heavy atom. The summed E-state index contributed by atoms with van der Waals surface area (Å²) in [5.74, 6) is 0.230. The fourth-order valence-corrected chi connectivity index (χ4v) is 4.12. The number of piperidine rings is 1. The van der Waals surface area contributed by atoms with Gasteiger partial charge in [-0.15, -0.1) is 0 Å². The molecular formula is C25H28N4O2. The van der Waals surface area contributed by atoms with Gasteiger partial charge in [0.1, 0.15) is 5.69 Å². The number of aromatic nitrogens is 2. The van der Waals surface area contributed by atoms with Crippen LogP contribution in [-0.4, -0.2) is 46.1 Å². The summed E-state index contributed by atoms with van der Waals surface area (Å²) in [6, 6.07) is 17.9. The standard InChI is InChI=1S/C25H28N4O2/c1-18-8-6-10-21(14-18)24-23(17-29(27-24)22-11-4-3-5-12-22)25(31)28-13-7-9-20(16-28)15-26-19(2)30/h3-6,8,10-12,14,17,20H,7,9,13,15-16H2,1-2H3,(H,26,30). The van der Waals surface area contributed by atoms with Gasteiger partial charge in [0.25, 0.3) is 5.91 Å². The van der Waals surface area contributed by atoms with E-state index < -0.39 is 0 Å². The molecule has 0 radical (unpaired) electrons. The van der Waals surface area contributed by atoms with Crippen LogP contribution in [0.25, 0.3) is 16.9 Å². The average Bonchev–Trinajstić information content (AvgIpc) is 3.23. The second kappa shape index (κ2) is 9.16. The molecule has 3 aromatic rings. The molecule has 1 N–H and O–H groups in total. The maximum atomic E-state index is 13.6. The topological polar surface area (TPSA) is 67.2 Å². The van der Waals surface area contributed by atoms with Gasteiger partial charge in [-0.3, -0.25) is 9.59 Å². The maximum absolute atomic E-state index is 13.6. The molecule has 2 amide bonds. The zero-order chi connectivity index (χ0) is 21.8. The fourth-order valence-electron chi connectivity index (χ4n) is 4.12. The molecule has 0 bridgehead atoms. The SMILES string of the molecule is CC(=O)NCC1CCCN(C(=O)c2cn(-c3ccccc3)nc2-c2cccc(C)c2)C1. The predicted octanol–water partition coefficient (Wildman–Crippen LogP) is 3.84. The summed E-state index contributed by atoms with van der Waals surface area (Å²) in [4.78, 5) is 26.8. The number of hydrogen-bond acceptors (Lipinski definition) is 3. The number of nitrogens with one attached hydrogen (secondary N) is 1. The molecule has 1 atom stereocenters. The van der Waals surface area contributed by atoms with Crippen LogP contribution in [0.4, 0.5) is 0 Å². The van der Waals surface area contributed by atoms with Crippen molar-refractivity contribution in [3.8, 4) is 16.9 Å². The third-order valence-electron chi connectivity index (χ3n) is 5.70. The van der Waals surface area contributed by atoms with Gasteiger partial charge in [0.05, 0.1) is 11.3 Å². The number of rotatable bonds is 5. The van der Waals surface area contributed by atoms with Crippen LogP contribution in [0.5, 0.6) is 0 Å². The van der Waals surface area contributed by atoms with Crippen LogP contribution in [0.15, 0.2) is 60.8 Å². The van der Waals surface area contributed by atoms with Gasteiger partial charge in [0.15, 0.2) is 0 Å². The minimum Gasteiger partial charge on any atom is -0.356 e. The summed E-state index contributed by atoms with van der Waals surface area (Å²) in [6.07, 6.45) is 3.79. The highest BCUT2D eigenvalue weighted by molar-refractivity contribution is 6.00. The van der Waals surface area contributed by atoms with E-state index in [2.05, 4.69) is 11.4 Å². The highest BCUT2D eigenvalue weighted by Gasteiger charge is 2.28. The largest absolute Gasteiger partial charge is 0.356 e. The van der Waals surface area contributed by atoms with Crippen LogP contribution in [0.3, 0.4) is 0 Å². The first-order chi connectivity index (χ1) is 15.0. The van der Waals surface area contributed by atoms with Gasteiger partial charge in [-0.1, -0.05) is 42.0 Å². The van der Waals surface area contributed by atoms with Crippen molar-refractivity contribution in [1.82, 2.24) is 20.0 Å². The van der Waals surface area contributed by atoms with Crippen molar-refractivity contribution >= 4 is 11.8 Å². The van der Waals surface area contributed by atoms with E-state index in [1.165, 1.54) is 6.92 Å². The zero-order valence-corrected chi connectivity index (χ0v) is 18.0. The molecule has 6 heteroatoms. The highest BCUT2D eigenvalue weighted by Crippen LogP contribution is 2.27. The van der Waals surface area contributed by atoms with Crippen LogP contribution >= 0.6 is 0 Å². The van der Waals surface area contributed by atoms with Gasteiger partial charge < -0.3 is 10.2 Å². The quantitative estimate of drug-likeness (QED) is 0.687. The third kappa shape index (κ3) is 4.85. The molecule has 1 aromatic heterocycles. The molecule has 4 rings (SSSR count). The van der Waals surface area contributed by atoms with Gasteiger partial charge in [0.2, 0.25) is 5.91 Å². The minimum atomic E-state index is -0.0330. The Hall–Kier alpha value is -3.41. The zero-order valence-electron chi connectivity index (χ0n) is 18.0. The molecule has 0 aliphatic carbocycles. The lowest BCUT2D eigenvalue weighted by atomic mass is 9.97. The number of hydrogen-bond donors (Lipinski definition) is 1. The Kier molecular flexibility index (Phi) is 6.16. The van der Waals surface area contributed by atoms with Gasteiger partial charge >= 0.3 is 0 Å². The summed E-state index contributed by atoms with van der Waals surface area (Å²) >= 11 is 0. The van der Waals surface area contributed by atoms with Gasteiger partial charge in [-0.2, -0.15) is 5.10 Å². The van der Waals surface area contributed by atoms with Crippen LogP contribution in [-0.2, 0) is 4.79 Å². The summed E-state index contributed by atoms with van der Waals surface area (Å²) in [5, 5.41) is 7.69. The van der Waals surface area contributed by atoms with Crippen molar-refractivity contribution < 1.29 is 9.59 Å². The molecule has 0 spiro atoms. The molecule has 1 unspecified atom stereocenters. The Morgan fingerprint density at radius 2 is 1.94 bits per heavy atom. The van der Waals surface area contributed by atoms with Crippen LogP contribution < -0.4 is 5.32 Å². The van der Waals surface area contributed by atoms with Crippen molar-refractivity contribution in [2.24, 2.45) is 5.92 Å². The Morgan fingerprint density at radius 3 is 2.68 bits per heavy atom. The molecule has 1 aliphatic rings. The Bertz CT molecular complexity index is 1070. The van der Waals surface area contributed by atoms with Gasteiger partial charge in [-0.05, 0) is 43.9 Å². The molecule has 1 saturated heterocycles. The molecule has 0 saturated carbocycles. The van der Waals surface area contributed by atoms with E-state index in [1.807, 2.05) is 66.6 Å². The van der Waals surface area contributed by atoms with Crippen LogP contribution in [0.2, 0.25) is 0 Å². The number of carbonyl (C=O) groups excluding carboxylic acids is 2. The maximum Gasteiger partial charge on any atom is 0.257 e. The van der Waals surface area contributed by atoms with E-state index >= 15 is 0 Å². The molecule has 1 fully saturated rings. The Labute approximate surface area is 182 Å². The summed E-state index contributed by atoms with van der Waals surface area (Å²) in [5.41, 5.74) is 4.28. The second-order valence-corrected chi connectivity index (χ2v) is 8.24. The first-order valence-electron chi connectivity index (χ1n) is 10.8. The molecule has 6 nitrogen and oxygen atoms in total. The molecule has 31 heavy (non-hydrogen) atoms. The van der Waals surface area contributed by atoms with E-state index in [9.17, 15) is 9.59 Å². The number of likely N-dealkylation sites (tertiary alicyclic amines) is 1.